The van der Waals surface area contributed by atoms with Gasteiger partial charge in [0.2, 0.25) is 0 Å². The maximum Gasteiger partial charge on any atom is 0.270 e. The molecule has 0 aliphatic carbocycles. The Hall–Kier alpha value is -4.53. The summed E-state index contributed by atoms with van der Waals surface area (Å²) in [7, 11) is 6.45. The zero-order valence-electron chi connectivity index (χ0n) is 20.6. The van der Waals surface area contributed by atoms with Crippen LogP contribution in [0.25, 0.3) is 10.8 Å². The van der Waals surface area contributed by atoms with Crippen LogP contribution in [0.2, 0.25) is 0 Å². The van der Waals surface area contributed by atoms with Gasteiger partial charge in [-0.25, -0.2) is 4.98 Å². The Morgan fingerprint density at radius 2 is 1.36 bits per heavy atom. The molecule has 0 aliphatic heterocycles. The molecule has 4 rings (SSSR count). The van der Waals surface area contributed by atoms with Gasteiger partial charge < -0.3 is 23.8 Å². The summed E-state index contributed by atoms with van der Waals surface area (Å²) in [6.45, 7) is 0.900. The van der Waals surface area contributed by atoms with Crippen LogP contribution in [0.5, 0.6) is 23.0 Å². The molecule has 0 aliphatic rings. The van der Waals surface area contributed by atoms with Gasteiger partial charge in [-0.3, -0.25) is 10.1 Å². The van der Waals surface area contributed by atoms with Crippen molar-refractivity contribution in [2.24, 2.45) is 0 Å². The number of hydrogen-bond donors (Lipinski definition) is 0. The van der Waals surface area contributed by atoms with E-state index >= 15 is 0 Å². The molecule has 9 heteroatoms. The molecule has 0 unspecified atom stereocenters. The average molecular weight is 490 g/mol. The van der Waals surface area contributed by atoms with Gasteiger partial charge in [0.15, 0.2) is 0 Å². The van der Waals surface area contributed by atoms with Crippen molar-refractivity contribution in [1.82, 2.24) is 4.98 Å². The third-order valence-electron chi connectivity index (χ3n) is 5.95. The predicted molar refractivity (Wildman–Crippen MR) is 137 cm³/mol. The van der Waals surface area contributed by atoms with Crippen molar-refractivity contribution in [3.05, 3.63) is 88.1 Å². The zero-order valence-corrected chi connectivity index (χ0v) is 20.6. The highest BCUT2D eigenvalue weighted by molar-refractivity contribution is 5.93. The third kappa shape index (κ3) is 5.10. The van der Waals surface area contributed by atoms with Crippen molar-refractivity contribution >= 4 is 22.3 Å². The molecule has 0 fully saturated rings. The van der Waals surface area contributed by atoms with E-state index in [1.165, 1.54) is 6.07 Å². The monoisotopic (exact) mass is 489 g/mol. The van der Waals surface area contributed by atoms with Gasteiger partial charge in [-0.15, -0.1) is 0 Å². The summed E-state index contributed by atoms with van der Waals surface area (Å²) >= 11 is 0. The van der Waals surface area contributed by atoms with Crippen molar-refractivity contribution in [3.63, 3.8) is 0 Å². The van der Waals surface area contributed by atoms with Gasteiger partial charge in [0.1, 0.15) is 28.8 Å². The van der Waals surface area contributed by atoms with E-state index in [2.05, 4.69) is 9.88 Å². The summed E-state index contributed by atoms with van der Waals surface area (Å²) in [4.78, 5) is 17.7. The van der Waals surface area contributed by atoms with Crippen molar-refractivity contribution in [3.8, 4) is 23.0 Å². The Morgan fingerprint density at radius 3 is 1.86 bits per heavy atom. The van der Waals surface area contributed by atoms with E-state index in [0.717, 1.165) is 21.9 Å². The Bertz CT molecular complexity index is 1330. The van der Waals surface area contributed by atoms with Gasteiger partial charge in [0.25, 0.3) is 5.69 Å². The molecule has 186 valence electrons. The number of ether oxygens (including phenoxy) is 4. The van der Waals surface area contributed by atoms with Gasteiger partial charge in [-0.05, 0) is 41.8 Å². The van der Waals surface area contributed by atoms with Gasteiger partial charge >= 0.3 is 0 Å². The predicted octanol–water partition coefficient (Wildman–Crippen LogP) is 5.38. The second kappa shape index (κ2) is 10.8. The number of hydrogen-bond acceptors (Lipinski definition) is 8. The molecule has 0 amide bonds. The summed E-state index contributed by atoms with van der Waals surface area (Å²) in [5, 5.41) is 12.8. The molecule has 0 saturated carbocycles. The van der Waals surface area contributed by atoms with E-state index in [1.807, 2.05) is 36.4 Å². The van der Waals surface area contributed by atoms with E-state index in [4.69, 9.17) is 18.9 Å². The summed E-state index contributed by atoms with van der Waals surface area (Å²) in [5.41, 5.74) is 1.87. The molecule has 0 spiro atoms. The molecular weight excluding hydrogens is 462 g/mol. The van der Waals surface area contributed by atoms with Crippen LogP contribution >= 0.6 is 0 Å². The van der Waals surface area contributed by atoms with Crippen LogP contribution in [-0.2, 0) is 13.1 Å². The summed E-state index contributed by atoms with van der Waals surface area (Å²) < 4.78 is 22.0. The third-order valence-corrected chi connectivity index (χ3v) is 5.95. The van der Waals surface area contributed by atoms with Crippen LogP contribution < -0.4 is 23.8 Å². The van der Waals surface area contributed by atoms with E-state index in [0.29, 0.717) is 41.9 Å². The number of non-ortho nitro benzene ring substituents is 1. The highest BCUT2D eigenvalue weighted by Gasteiger charge is 2.19. The smallest absolute Gasteiger partial charge is 0.270 e. The molecule has 0 atom stereocenters. The average Bonchev–Trinajstić information content (AvgIpc) is 2.92. The normalized spacial score (nSPS) is 10.7. The van der Waals surface area contributed by atoms with Gasteiger partial charge in [-0.2, -0.15) is 0 Å². The first-order valence-corrected chi connectivity index (χ1v) is 11.2. The van der Waals surface area contributed by atoms with Crippen molar-refractivity contribution in [2.75, 3.05) is 33.3 Å². The number of rotatable bonds is 10. The molecule has 0 N–H and O–H groups in total. The molecule has 1 heterocycles. The van der Waals surface area contributed by atoms with Crippen LogP contribution in [0.1, 0.15) is 11.1 Å². The van der Waals surface area contributed by atoms with Crippen LogP contribution in [0.4, 0.5) is 11.5 Å². The lowest BCUT2D eigenvalue weighted by Crippen LogP contribution is -2.24. The Kier molecular flexibility index (Phi) is 7.39. The van der Waals surface area contributed by atoms with Gasteiger partial charge in [0.05, 0.1) is 33.4 Å². The highest BCUT2D eigenvalue weighted by atomic mass is 16.6. The summed E-state index contributed by atoms with van der Waals surface area (Å²) in [6, 6.07) is 17.9. The Balaban J connectivity index is 1.83. The zero-order chi connectivity index (χ0) is 25.7. The first-order valence-electron chi connectivity index (χ1n) is 11.2. The van der Waals surface area contributed by atoms with Crippen LogP contribution in [0.15, 0.2) is 66.9 Å². The number of methoxy groups -OCH3 is 4. The molecule has 1 aromatic heterocycles. The summed E-state index contributed by atoms with van der Waals surface area (Å²) in [6.07, 6.45) is 1.66. The SMILES string of the molecule is COc1ccc(CN(Cc2ccc(OC)cc2OC)c2nccc3cc([N+](=O)[O-])ccc23)c(OC)c1. The minimum atomic E-state index is -0.401. The molecule has 36 heavy (non-hydrogen) atoms. The van der Waals surface area contributed by atoms with Crippen LogP contribution in [-0.4, -0.2) is 38.3 Å². The number of benzene rings is 3. The molecular formula is C27H27N3O6. The minimum Gasteiger partial charge on any atom is -0.497 e. The lowest BCUT2D eigenvalue weighted by atomic mass is 10.1. The van der Waals surface area contributed by atoms with E-state index in [-0.39, 0.29) is 5.69 Å². The summed E-state index contributed by atoms with van der Waals surface area (Å²) in [5.74, 6) is 3.41. The standard InChI is InChI=1S/C27H27N3O6/c1-33-22-8-5-19(25(14-22)35-3)16-29(17-20-6-9-23(34-2)15-26(20)36-4)27-24-10-7-21(30(31)32)13-18(24)11-12-28-27/h5-15H,16-17H2,1-4H3. The number of nitro benzene ring substituents is 1. The molecule has 4 aromatic rings. The fourth-order valence-corrected chi connectivity index (χ4v) is 4.10. The first kappa shape index (κ1) is 24.6. The van der Waals surface area contributed by atoms with Crippen LogP contribution in [0.3, 0.4) is 0 Å². The molecule has 0 saturated heterocycles. The number of nitro groups is 1. The van der Waals surface area contributed by atoms with Gasteiger partial charge in [-0.1, -0.05) is 0 Å². The number of anilines is 1. The number of nitrogens with zero attached hydrogens (tertiary/aromatic N) is 3. The number of fused-ring (bicyclic) bond motifs is 1. The molecule has 9 nitrogen and oxygen atoms in total. The first-order chi connectivity index (χ1) is 17.5. The van der Waals surface area contributed by atoms with E-state index in [9.17, 15) is 10.1 Å². The van der Waals surface area contributed by atoms with E-state index in [1.54, 1.807) is 52.8 Å². The molecule has 3 aromatic carbocycles. The molecule has 0 bridgehead atoms. The quantitative estimate of drug-likeness (QED) is 0.216. The lowest BCUT2D eigenvalue weighted by molar-refractivity contribution is -0.384. The largest absolute Gasteiger partial charge is 0.497 e. The Labute approximate surface area is 209 Å². The van der Waals surface area contributed by atoms with Crippen LogP contribution in [0, 0.1) is 10.1 Å². The second-order valence-corrected chi connectivity index (χ2v) is 8.01. The van der Waals surface area contributed by atoms with Crippen molar-refractivity contribution < 1.29 is 23.9 Å². The van der Waals surface area contributed by atoms with Gasteiger partial charge in [0, 0.05) is 60.1 Å². The highest BCUT2D eigenvalue weighted by Crippen LogP contribution is 2.34. The maximum atomic E-state index is 11.3. The van der Waals surface area contributed by atoms with Crippen molar-refractivity contribution in [2.45, 2.75) is 13.1 Å². The molecule has 0 radical (unpaired) electrons. The fraction of sp³-hybridized carbons (Fsp3) is 0.222. The van der Waals surface area contributed by atoms with E-state index < -0.39 is 4.92 Å². The number of pyridine rings is 1. The topological polar surface area (TPSA) is 96.2 Å². The minimum absolute atomic E-state index is 0.0276. The fourth-order valence-electron chi connectivity index (χ4n) is 4.10. The second-order valence-electron chi connectivity index (χ2n) is 8.01. The van der Waals surface area contributed by atoms with Crippen molar-refractivity contribution in [1.29, 1.82) is 0 Å². The number of aromatic nitrogens is 1. The lowest BCUT2D eigenvalue weighted by Gasteiger charge is -2.27. The Morgan fingerprint density at radius 1 is 0.778 bits per heavy atom. The maximum absolute atomic E-state index is 11.3.